The summed E-state index contributed by atoms with van der Waals surface area (Å²) in [4.78, 5) is 36.8. The standard InChI is InChI=1S/C26H25F3N4O3/c1-15-13-30-11-9-21(15)17(3)25(18(4)22-10-12-31-14-16(22)2)23(34)33(24(35)32-25)19-5-7-20(8-6-19)36-26(27,28)29/h5-14,17-18H,1-4H3,(H,32,35). The molecule has 1 aliphatic rings. The zero-order chi connectivity index (χ0) is 26.3. The van der Waals surface area contributed by atoms with Gasteiger partial charge in [-0.25, -0.2) is 9.69 Å². The summed E-state index contributed by atoms with van der Waals surface area (Å²) in [7, 11) is 0. The van der Waals surface area contributed by atoms with Crippen LogP contribution in [0.5, 0.6) is 5.75 Å². The van der Waals surface area contributed by atoms with Crippen LogP contribution in [0.2, 0.25) is 0 Å². The molecular weight excluding hydrogens is 473 g/mol. The van der Waals surface area contributed by atoms with Crippen LogP contribution in [0.4, 0.5) is 23.7 Å². The molecule has 3 heterocycles. The largest absolute Gasteiger partial charge is 0.573 e. The smallest absolute Gasteiger partial charge is 0.406 e. The summed E-state index contributed by atoms with van der Waals surface area (Å²) in [5.74, 6) is -1.91. The quantitative estimate of drug-likeness (QED) is 0.461. The molecule has 4 rings (SSSR count). The van der Waals surface area contributed by atoms with Crippen LogP contribution in [-0.4, -0.2) is 33.8 Å². The number of nitrogens with zero attached hydrogens (tertiary/aromatic N) is 3. The van der Waals surface area contributed by atoms with Gasteiger partial charge in [0, 0.05) is 36.6 Å². The van der Waals surface area contributed by atoms with Crippen LogP contribution in [0.3, 0.4) is 0 Å². The molecule has 0 saturated carbocycles. The Morgan fingerprint density at radius 3 is 1.83 bits per heavy atom. The van der Waals surface area contributed by atoms with Crippen LogP contribution in [0.1, 0.15) is 47.9 Å². The number of rotatable bonds is 6. The van der Waals surface area contributed by atoms with Crippen molar-refractivity contribution in [3.05, 3.63) is 83.4 Å². The molecule has 10 heteroatoms. The number of halogens is 3. The second-order valence-electron chi connectivity index (χ2n) is 8.89. The van der Waals surface area contributed by atoms with Crippen molar-refractivity contribution in [2.45, 2.75) is 51.4 Å². The summed E-state index contributed by atoms with van der Waals surface area (Å²) in [6.07, 6.45) is 1.80. The van der Waals surface area contributed by atoms with Crippen molar-refractivity contribution in [1.82, 2.24) is 15.3 Å². The van der Waals surface area contributed by atoms with E-state index in [-0.39, 0.29) is 5.69 Å². The average Bonchev–Trinajstić information content (AvgIpc) is 3.09. The van der Waals surface area contributed by atoms with Crippen LogP contribution in [0.15, 0.2) is 61.2 Å². The molecule has 1 saturated heterocycles. The van der Waals surface area contributed by atoms with Crippen LogP contribution in [-0.2, 0) is 4.79 Å². The molecule has 0 spiro atoms. The number of imide groups is 1. The molecule has 2 unspecified atom stereocenters. The van der Waals surface area contributed by atoms with E-state index in [4.69, 9.17) is 0 Å². The lowest BCUT2D eigenvalue weighted by Crippen LogP contribution is -2.55. The van der Waals surface area contributed by atoms with Gasteiger partial charge >= 0.3 is 12.4 Å². The molecular formula is C26H25F3N4O3. The Kier molecular flexibility index (Phi) is 6.46. The molecule has 36 heavy (non-hydrogen) atoms. The summed E-state index contributed by atoms with van der Waals surface area (Å²) in [5, 5.41) is 2.95. The summed E-state index contributed by atoms with van der Waals surface area (Å²) < 4.78 is 41.6. The highest BCUT2D eigenvalue weighted by atomic mass is 19.4. The van der Waals surface area contributed by atoms with Gasteiger partial charge in [-0.1, -0.05) is 13.8 Å². The molecule has 1 fully saturated rings. The fourth-order valence-corrected chi connectivity index (χ4v) is 4.99. The lowest BCUT2D eigenvalue weighted by molar-refractivity contribution is -0.274. The summed E-state index contributed by atoms with van der Waals surface area (Å²) >= 11 is 0. The summed E-state index contributed by atoms with van der Waals surface area (Å²) in [6.45, 7) is 7.51. The van der Waals surface area contributed by atoms with E-state index in [2.05, 4.69) is 20.0 Å². The van der Waals surface area contributed by atoms with Crippen molar-refractivity contribution in [3.63, 3.8) is 0 Å². The van der Waals surface area contributed by atoms with Crippen LogP contribution >= 0.6 is 0 Å². The van der Waals surface area contributed by atoms with Crippen LogP contribution in [0.25, 0.3) is 0 Å². The summed E-state index contributed by atoms with van der Waals surface area (Å²) in [6, 6.07) is 7.60. The first-order valence-corrected chi connectivity index (χ1v) is 11.3. The second-order valence-corrected chi connectivity index (χ2v) is 8.89. The van der Waals surface area contributed by atoms with E-state index in [1.165, 1.54) is 12.1 Å². The number of anilines is 1. The van der Waals surface area contributed by atoms with Crippen molar-refractivity contribution in [2.24, 2.45) is 0 Å². The first-order chi connectivity index (χ1) is 17.0. The number of aryl methyl sites for hydroxylation is 2. The Hall–Kier alpha value is -3.95. The number of nitrogens with one attached hydrogen (secondary N) is 1. The third-order valence-electron chi connectivity index (χ3n) is 6.83. The molecule has 7 nitrogen and oxygen atoms in total. The number of pyridine rings is 2. The predicted molar refractivity (Wildman–Crippen MR) is 127 cm³/mol. The normalized spacial score (nSPS) is 19.7. The number of hydrogen-bond acceptors (Lipinski definition) is 5. The minimum absolute atomic E-state index is 0.131. The molecule has 3 aromatic rings. The number of aromatic nitrogens is 2. The fourth-order valence-electron chi connectivity index (χ4n) is 4.99. The van der Waals surface area contributed by atoms with Crippen molar-refractivity contribution in [1.29, 1.82) is 0 Å². The van der Waals surface area contributed by atoms with Gasteiger partial charge in [0.15, 0.2) is 0 Å². The van der Waals surface area contributed by atoms with Gasteiger partial charge in [-0.3, -0.25) is 14.8 Å². The molecule has 0 radical (unpaired) electrons. The lowest BCUT2D eigenvalue weighted by atomic mass is 9.68. The molecule has 1 aromatic carbocycles. The zero-order valence-electron chi connectivity index (χ0n) is 20.1. The zero-order valence-corrected chi connectivity index (χ0v) is 20.1. The highest BCUT2D eigenvalue weighted by Gasteiger charge is 2.59. The third kappa shape index (κ3) is 4.38. The Morgan fingerprint density at radius 1 is 0.889 bits per heavy atom. The van der Waals surface area contributed by atoms with E-state index < -0.39 is 41.4 Å². The third-order valence-corrected chi connectivity index (χ3v) is 6.83. The number of benzene rings is 1. The highest BCUT2D eigenvalue weighted by Crippen LogP contribution is 2.46. The number of carbonyl (C=O) groups is 2. The molecule has 0 bridgehead atoms. The van der Waals surface area contributed by atoms with Crippen molar-refractivity contribution >= 4 is 17.6 Å². The molecule has 2 aromatic heterocycles. The number of ether oxygens (including phenoxy) is 1. The number of alkyl halides is 3. The Bertz CT molecular complexity index is 1240. The molecule has 1 aliphatic heterocycles. The molecule has 0 aliphatic carbocycles. The van der Waals surface area contributed by atoms with Crippen molar-refractivity contribution in [2.75, 3.05) is 4.90 Å². The van der Waals surface area contributed by atoms with Gasteiger partial charge in [-0.2, -0.15) is 0 Å². The topological polar surface area (TPSA) is 84.4 Å². The lowest BCUT2D eigenvalue weighted by Gasteiger charge is -2.39. The van der Waals surface area contributed by atoms with E-state index in [0.29, 0.717) is 0 Å². The number of amides is 3. The van der Waals surface area contributed by atoms with E-state index in [9.17, 15) is 22.8 Å². The average molecular weight is 499 g/mol. The molecule has 1 N–H and O–H groups in total. The number of hydrogen-bond donors (Lipinski definition) is 1. The van der Waals surface area contributed by atoms with Gasteiger partial charge in [0.2, 0.25) is 0 Å². The van der Waals surface area contributed by atoms with Gasteiger partial charge in [0.25, 0.3) is 5.91 Å². The van der Waals surface area contributed by atoms with Gasteiger partial charge in [0.05, 0.1) is 5.69 Å². The molecule has 2 atom stereocenters. The van der Waals surface area contributed by atoms with E-state index in [0.717, 1.165) is 39.3 Å². The second kappa shape index (κ2) is 9.25. The van der Waals surface area contributed by atoms with Crippen LogP contribution < -0.4 is 15.0 Å². The maximum Gasteiger partial charge on any atom is 0.573 e. The Balaban J connectivity index is 1.81. The van der Waals surface area contributed by atoms with Gasteiger partial charge in [-0.15, -0.1) is 13.2 Å². The maximum atomic E-state index is 14.2. The molecule has 188 valence electrons. The first kappa shape index (κ1) is 25.2. The Labute approximate surface area is 206 Å². The van der Waals surface area contributed by atoms with Crippen molar-refractivity contribution in [3.8, 4) is 5.75 Å². The highest BCUT2D eigenvalue weighted by molar-refractivity contribution is 6.24. The number of carbonyl (C=O) groups excluding carboxylic acids is 2. The summed E-state index contributed by atoms with van der Waals surface area (Å²) in [5.41, 5.74) is 2.14. The Morgan fingerprint density at radius 2 is 1.39 bits per heavy atom. The fraction of sp³-hybridized carbons (Fsp3) is 0.308. The minimum atomic E-state index is -4.85. The predicted octanol–water partition coefficient (Wildman–Crippen LogP) is 5.39. The van der Waals surface area contributed by atoms with Crippen molar-refractivity contribution < 1.29 is 27.5 Å². The van der Waals surface area contributed by atoms with Gasteiger partial charge < -0.3 is 10.1 Å². The number of urea groups is 1. The monoisotopic (exact) mass is 498 g/mol. The van der Waals surface area contributed by atoms with E-state index in [1.807, 2.05) is 39.8 Å². The first-order valence-electron chi connectivity index (χ1n) is 11.3. The van der Waals surface area contributed by atoms with E-state index in [1.54, 1.807) is 24.8 Å². The van der Waals surface area contributed by atoms with Gasteiger partial charge in [-0.05, 0) is 72.5 Å². The molecule has 3 amide bonds. The van der Waals surface area contributed by atoms with E-state index >= 15 is 0 Å². The maximum absolute atomic E-state index is 14.2. The minimum Gasteiger partial charge on any atom is -0.406 e. The van der Waals surface area contributed by atoms with Gasteiger partial charge in [0.1, 0.15) is 11.3 Å². The van der Waals surface area contributed by atoms with Crippen LogP contribution in [0, 0.1) is 13.8 Å². The SMILES string of the molecule is Cc1cnccc1C(C)C1(C(C)c2ccncc2C)NC(=O)N(c2ccc(OC(F)(F)F)cc2)C1=O.